The first kappa shape index (κ1) is 13.7. The minimum Gasteiger partial charge on any atom is -0.433 e. The number of imidazole rings is 1. The van der Waals surface area contributed by atoms with Crippen LogP contribution in [0.4, 0.5) is 0 Å². The van der Waals surface area contributed by atoms with Crippen molar-refractivity contribution >= 4 is 5.97 Å². The van der Waals surface area contributed by atoms with Crippen LogP contribution in [0.3, 0.4) is 0 Å². The van der Waals surface area contributed by atoms with E-state index in [0.717, 1.165) is 0 Å². The molecular formula is C11H19N2O4+. The van der Waals surface area contributed by atoms with Gasteiger partial charge in [0.25, 0.3) is 0 Å². The molecule has 0 fully saturated rings. The summed E-state index contributed by atoms with van der Waals surface area (Å²) in [6, 6.07) is 0. The van der Waals surface area contributed by atoms with E-state index in [2.05, 4.69) is 0 Å². The maximum atomic E-state index is 11.5. The molecule has 6 heteroatoms. The molecule has 0 spiro atoms. The van der Waals surface area contributed by atoms with Gasteiger partial charge in [0.15, 0.2) is 12.8 Å². The number of hydrogen-bond donors (Lipinski definition) is 0. The molecule has 6 nitrogen and oxygen atoms in total. The summed E-state index contributed by atoms with van der Waals surface area (Å²) in [6.45, 7) is 3.55. The summed E-state index contributed by atoms with van der Waals surface area (Å²) in [4.78, 5) is 11.5. The lowest BCUT2D eigenvalue weighted by atomic mass is 10.6. The average Bonchev–Trinajstić information content (AvgIpc) is 2.63. The second-order valence-corrected chi connectivity index (χ2v) is 3.75. The predicted molar refractivity (Wildman–Crippen MR) is 58.7 cm³/mol. The zero-order valence-electron chi connectivity index (χ0n) is 10.6. The van der Waals surface area contributed by atoms with Crippen LogP contribution in [-0.2, 0) is 32.6 Å². The van der Waals surface area contributed by atoms with Gasteiger partial charge < -0.3 is 14.2 Å². The van der Waals surface area contributed by atoms with Crippen molar-refractivity contribution in [3.05, 3.63) is 18.7 Å². The Bertz CT molecular complexity index is 364. The predicted octanol–water partition coefficient (Wildman–Crippen LogP) is 0.211. The van der Waals surface area contributed by atoms with Gasteiger partial charge >= 0.3 is 5.97 Å². The fraction of sp³-hybridized carbons (Fsp3) is 0.636. The van der Waals surface area contributed by atoms with Crippen LogP contribution in [0.2, 0.25) is 0 Å². The molecular weight excluding hydrogens is 224 g/mol. The molecule has 0 aliphatic heterocycles. The van der Waals surface area contributed by atoms with Gasteiger partial charge in [0.2, 0.25) is 12.6 Å². The average molecular weight is 243 g/mol. The van der Waals surface area contributed by atoms with E-state index in [9.17, 15) is 4.79 Å². The highest BCUT2D eigenvalue weighted by Crippen LogP contribution is 2.01. The fourth-order valence-electron chi connectivity index (χ4n) is 1.32. The molecule has 0 N–H and O–H groups in total. The fourth-order valence-corrected chi connectivity index (χ4v) is 1.32. The molecule has 0 saturated heterocycles. The molecule has 96 valence electrons. The third-order valence-corrected chi connectivity index (χ3v) is 2.15. The van der Waals surface area contributed by atoms with E-state index in [-0.39, 0.29) is 12.5 Å². The van der Waals surface area contributed by atoms with Gasteiger partial charge in [0.1, 0.15) is 12.4 Å². The zero-order valence-corrected chi connectivity index (χ0v) is 10.6. The number of nitrogens with zero attached hydrogens (tertiary/aromatic N) is 2. The van der Waals surface area contributed by atoms with Gasteiger partial charge in [-0.05, 0) is 13.8 Å². The molecule has 1 heterocycles. The van der Waals surface area contributed by atoms with Crippen molar-refractivity contribution < 1.29 is 23.6 Å². The van der Waals surface area contributed by atoms with E-state index in [1.165, 1.54) is 7.11 Å². The number of ether oxygens (including phenoxy) is 3. The van der Waals surface area contributed by atoms with Crippen LogP contribution >= 0.6 is 0 Å². The Morgan fingerprint density at radius 3 is 2.65 bits per heavy atom. The van der Waals surface area contributed by atoms with Gasteiger partial charge in [0.05, 0.1) is 7.05 Å². The highest BCUT2D eigenvalue weighted by Gasteiger charge is 2.15. The third kappa shape index (κ3) is 4.97. The van der Waals surface area contributed by atoms with Crippen LogP contribution in [-0.4, -0.2) is 30.2 Å². The smallest absolute Gasteiger partial charge is 0.350 e. The first-order chi connectivity index (χ1) is 8.01. The van der Waals surface area contributed by atoms with Crippen LogP contribution in [0, 0.1) is 0 Å². The van der Waals surface area contributed by atoms with E-state index in [4.69, 9.17) is 14.2 Å². The molecule has 0 aromatic carbocycles. The van der Waals surface area contributed by atoms with Gasteiger partial charge in [-0.3, -0.25) is 0 Å². The highest BCUT2D eigenvalue weighted by atomic mass is 16.8. The van der Waals surface area contributed by atoms with E-state index in [1.54, 1.807) is 30.9 Å². The molecule has 0 aliphatic carbocycles. The molecule has 17 heavy (non-hydrogen) atoms. The lowest BCUT2D eigenvalue weighted by Crippen LogP contribution is -2.27. The van der Waals surface area contributed by atoms with E-state index < -0.39 is 12.6 Å². The molecule has 0 saturated carbocycles. The lowest BCUT2D eigenvalue weighted by Gasteiger charge is -2.17. The Hall–Kier alpha value is -1.40. The molecule has 2 unspecified atom stereocenters. The first-order valence-corrected chi connectivity index (χ1v) is 5.40. The van der Waals surface area contributed by atoms with E-state index >= 15 is 0 Å². The van der Waals surface area contributed by atoms with Crippen LogP contribution in [0.15, 0.2) is 18.7 Å². The van der Waals surface area contributed by atoms with Crippen LogP contribution < -0.4 is 4.57 Å². The van der Waals surface area contributed by atoms with Crippen LogP contribution in [0.5, 0.6) is 0 Å². The van der Waals surface area contributed by atoms with Gasteiger partial charge in [-0.1, -0.05) is 0 Å². The number of aromatic nitrogens is 2. The second-order valence-electron chi connectivity index (χ2n) is 3.75. The van der Waals surface area contributed by atoms with Crippen LogP contribution in [0.1, 0.15) is 13.8 Å². The maximum Gasteiger partial charge on any atom is 0.350 e. The van der Waals surface area contributed by atoms with Crippen molar-refractivity contribution in [2.75, 3.05) is 7.11 Å². The van der Waals surface area contributed by atoms with Crippen molar-refractivity contribution in [2.45, 2.75) is 33.0 Å². The summed E-state index contributed by atoms with van der Waals surface area (Å²) in [7, 11) is 3.41. The molecule has 0 radical (unpaired) electrons. The molecule has 1 aromatic rings. The van der Waals surface area contributed by atoms with Crippen molar-refractivity contribution in [1.29, 1.82) is 0 Å². The number of carbonyl (C=O) groups is 1. The number of rotatable bonds is 6. The molecule has 0 bridgehead atoms. The standard InChI is InChI=1S/C11H19N2O4/c1-9(15-4)16-10(2)17-11(14)7-13-6-5-12(3)8-13/h5-6,8-10H,7H2,1-4H3/q+1. The number of esters is 1. The lowest BCUT2D eigenvalue weighted by molar-refractivity contribution is -0.671. The van der Waals surface area contributed by atoms with Gasteiger partial charge in [0, 0.05) is 7.11 Å². The largest absolute Gasteiger partial charge is 0.433 e. The minimum absolute atomic E-state index is 0.163. The molecule has 0 amide bonds. The Kier molecular flexibility index (Phi) is 5.11. The van der Waals surface area contributed by atoms with Gasteiger partial charge in [-0.15, -0.1) is 0 Å². The molecule has 1 rings (SSSR count). The van der Waals surface area contributed by atoms with Crippen LogP contribution in [0.25, 0.3) is 0 Å². The zero-order chi connectivity index (χ0) is 12.8. The van der Waals surface area contributed by atoms with Crippen molar-refractivity contribution in [3.63, 3.8) is 0 Å². The van der Waals surface area contributed by atoms with Crippen molar-refractivity contribution in [3.8, 4) is 0 Å². The van der Waals surface area contributed by atoms with E-state index in [1.807, 2.05) is 17.8 Å². The summed E-state index contributed by atoms with van der Waals surface area (Å²) in [5.74, 6) is -0.350. The highest BCUT2D eigenvalue weighted by molar-refractivity contribution is 5.69. The monoisotopic (exact) mass is 243 g/mol. The summed E-state index contributed by atoms with van der Waals surface area (Å²) in [5.41, 5.74) is 0. The molecule has 2 atom stereocenters. The Morgan fingerprint density at radius 1 is 1.41 bits per heavy atom. The second kappa shape index (κ2) is 6.36. The maximum absolute atomic E-state index is 11.5. The number of hydrogen-bond acceptors (Lipinski definition) is 4. The summed E-state index contributed by atoms with van der Waals surface area (Å²) >= 11 is 0. The summed E-state index contributed by atoms with van der Waals surface area (Å²) in [5, 5.41) is 0. The topological polar surface area (TPSA) is 53.6 Å². The Labute approximate surface area is 101 Å². The molecule has 0 aliphatic rings. The quantitative estimate of drug-likeness (QED) is 0.407. The van der Waals surface area contributed by atoms with E-state index in [0.29, 0.717) is 0 Å². The summed E-state index contributed by atoms with van der Waals surface area (Å²) < 4.78 is 18.8. The van der Waals surface area contributed by atoms with Crippen molar-refractivity contribution in [2.24, 2.45) is 7.05 Å². The van der Waals surface area contributed by atoms with Gasteiger partial charge in [-0.25, -0.2) is 13.9 Å². The molecule has 1 aromatic heterocycles. The summed E-state index contributed by atoms with van der Waals surface area (Å²) in [6.07, 6.45) is 4.42. The van der Waals surface area contributed by atoms with Crippen molar-refractivity contribution in [1.82, 2.24) is 4.57 Å². The minimum atomic E-state index is -0.623. The number of carbonyl (C=O) groups excluding carboxylic acids is 1. The van der Waals surface area contributed by atoms with Gasteiger partial charge in [-0.2, -0.15) is 0 Å². The first-order valence-electron chi connectivity index (χ1n) is 5.40. The Morgan fingerprint density at radius 2 is 2.12 bits per heavy atom. The number of methoxy groups -OCH3 is 1. The SMILES string of the molecule is COC(C)OC(C)OC(=O)Cn1cc[n+](C)c1. The Balaban J connectivity index is 2.34. The third-order valence-electron chi connectivity index (χ3n) is 2.15. The normalized spacial score (nSPS) is 14.4. The number of aryl methyl sites for hydroxylation is 1.